The summed E-state index contributed by atoms with van der Waals surface area (Å²) in [6.07, 6.45) is 0.318. The summed E-state index contributed by atoms with van der Waals surface area (Å²) in [5, 5.41) is 9.54. The molecule has 2 nitrogen and oxygen atoms in total. The van der Waals surface area contributed by atoms with E-state index >= 15 is 0 Å². The van der Waals surface area contributed by atoms with Gasteiger partial charge < -0.3 is 5.11 Å². The zero-order valence-corrected chi connectivity index (χ0v) is 8.76. The summed E-state index contributed by atoms with van der Waals surface area (Å²) in [6, 6.07) is 16.1. The SMILES string of the molecule is O=C(Cc1ccccc1)c1ccccc1O. The number of aromatic hydroxyl groups is 1. The first-order valence-corrected chi connectivity index (χ1v) is 5.12. The molecule has 0 aromatic heterocycles. The summed E-state index contributed by atoms with van der Waals surface area (Å²) in [4.78, 5) is 11.9. The van der Waals surface area contributed by atoms with Gasteiger partial charge in [0.15, 0.2) is 5.78 Å². The van der Waals surface area contributed by atoms with Gasteiger partial charge in [-0.2, -0.15) is 0 Å². The lowest BCUT2D eigenvalue weighted by molar-refractivity contribution is 0.0990. The molecule has 0 spiro atoms. The molecule has 0 saturated carbocycles. The second kappa shape index (κ2) is 4.62. The molecule has 0 amide bonds. The Labute approximate surface area is 94.2 Å². The van der Waals surface area contributed by atoms with Crippen LogP contribution in [0.4, 0.5) is 0 Å². The third-order valence-corrected chi connectivity index (χ3v) is 2.41. The highest BCUT2D eigenvalue weighted by molar-refractivity contribution is 5.99. The molecule has 0 bridgehead atoms. The Balaban J connectivity index is 2.19. The zero-order valence-electron chi connectivity index (χ0n) is 8.76. The molecule has 0 unspecified atom stereocenters. The molecule has 2 heteroatoms. The Bertz CT molecular complexity index is 489. The predicted molar refractivity (Wildman–Crippen MR) is 62.6 cm³/mol. The van der Waals surface area contributed by atoms with Crippen molar-refractivity contribution >= 4 is 5.78 Å². The van der Waals surface area contributed by atoms with Gasteiger partial charge in [-0.05, 0) is 17.7 Å². The lowest BCUT2D eigenvalue weighted by Crippen LogP contribution is -2.03. The molecule has 2 rings (SSSR count). The van der Waals surface area contributed by atoms with Gasteiger partial charge >= 0.3 is 0 Å². The van der Waals surface area contributed by atoms with E-state index in [0.29, 0.717) is 12.0 Å². The van der Waals surface area contributed by atoms with Gasteiger partial charge in [0.2, 0.25) is 0 Å². The lowest BCUT2D eigenvalue weighted by atomic mass is 10.0. The molecule has 0 aliphatic heterocycles. The molecule has 0 atom stereocenters. The van der Waals surface area contributed by atoms with Gasteiger partial charge in [-0.3, -0.25) is 4.79 Å². The third-order valence-electron chi connectivity index (χ3n) is 2.41. The van der Waals surface area contributed by atoms with Crippen molar-refractivity contribution in [2.24, 2.45) is 0 Å². The van der Waals surface area contributed by atoms with E-state index in [4.69, 9.17) is 0 Å². The standard InChI is InChI=1S/C14H12O2/c15-13-9-5-4-8-12(13)14(16)10-11-6-2-1-3-7-11/h1-9,15H,10H2. The van der Waals surface area contributed by atoms with Gasteiger partial charge in [0.25, 0.3) is 0 Å². The summed E-state index contributed by atoms with van der Waals surface area (Å²) >= 11 is 0. The lowest BCUT2D eigenvalue weighted by Gasteiger charge is -2.03. The number of carbonyl (C=O) groups excluding carboxylic acids is 1. The molecule has 0 heterocycles. The number of phenolic OH excluding ortho intramolecular Hbond substituents is 1. The number of phenols is 1. The zero-order chi connectivity index (χ0) is 11.4. The van der Waals surface area contributed by atoms with Crippen molar-refractivity contribution in [3.63, 3.8) is 0 Å². The molecular formula is C14H12O2. The van der Waals surface area contributed by atoms with Crippen molar-refractivity contribution in [2.45, 2.75) is 6.42 Å². The minimum absolute atomic E-state index is 0.0448. The number of Topliss-reactive ketones (excluding diaryl/α,β-unsaturated/α-hetero) is 1. The molecule has 80 valence electrons. The molecule has 2 aromatic rings. The van der Waals surface area contributed by atoms with Crippen molar-refractivity contribution in [2.75, 3.05) is 0 Å². The number of benzene rings is 2. The third kappa shape index (κ3) is 2.28. The fourth-order valence-electron chi connectivity index (χ4n) is 1.59. The number of ketones is 1. The Morgan fingerprint density at radius 3 is 2.25 bits per heavy atom. The maximum absolute atomic E-state index is 11.9. The molecule has 2 aromatic carbocycles. The molecule has 0 radical (unpaired) electrons. The Morgan fingerprint density at radius 2 is 1.56 bits per heavy atom. The van der Waals surface area contributed by atoms with Crippen LogP contribution >= 0.6 is 0 Å². The normalized spacial score (nSPS) is 10.0. The van der Waals surface area contributed by atoms with Gasteiger partial charge in [-0.15, -0.1) is 0 Å². The van der Waals surface area contributed by atoms with E-state index in [2.05, 4.69) is 0 Å². The van der Waals surface area contributed by atoms with Gasteiger partial charge in [0.1, 0.15) is 5.75 Å². The highest BCUT2D eigenvalue weighted by Crippen LogP contribution is 2.17. The molecule has 1 N–H and O–H groups in total. The van der Waals surface area contributed by atoms with Crippen LogP contribution in [0.15, 0.2) is 54.6 Å². The quantitative estimate of drug-likeness (QED) is 0.794. The van der Waals surface area contributed by atoms with Crippen LogP contribution in [0.3, 0.4) is 0 Å². The largest absolute Gasteiger partial charge is 0.507 e. The molecule has 0 fully saturated rings. The highest BCUT2D eigenvalue weighted by atomic mass is 16.3. The summed E-state index contributed by atoms with van der Waals surface area (Å²) in [5.41, 5.74) is 1.34. The molecule has 0 aliphatic carbocycles. The maximum atomic E-state index is 11.9. The first-order chi connectivity index (χ1) is 7.77. The van der Waals surface area contributed by atoms with Gasteiger partial charge in [0.05, 0.1) is 5.56 Å². The van der Waals surface area contributed by atoms with Crippen molar-refractivity contribution in [1.82, 2.24) is 0 Å². The van der Waals surface area contributed by atoms with Crippen molar-refractivity contribution in [1.29, 1.82) is 0 Å². The second-order valence-corrected chi connectivity index (χ2v) is 3.60. The van der Waals surface area contributed by atoms with E-state index in [9.17, 15) is 9.90 Å². The van der Waals surface area contributed by atoms with Crippen molar-refractivity contribution in [3.8, 4) is 5.75 Å². The minimum Gasteiger partial charge on any atom is -0.507 e. The summed E-state index contributed by atoms with van der Waals surface area (Å²) in [7, 11) is 0. The summed E-state index contributed by atoms with van der Waals surface area (Å²) in [6.45, 7) is 0. The molecule has 0 saturated heterocycles. The number of hydrogen-bond donors (Lipinski definition) is 1. The fourth-order valence-corrected chi connectivity index (χ4v) is 1.59. The summed E-state index contributed by atoms with van der Waals surface area (Å²) in [5.74, 6) is -0.0206. The maximum Gasteiger partial charge on any atom is 0.170 e. The van der Waals surface area contributed by atoms with Gasteiger partial charge in [-0.1, -0.05) is 42.5 Å². The fraction of sp³-hybridized carbons (Fsp3) is 0.0714. The highest BCUT2D eigenvalue weighted by Gasteiger charge is 2.10. The van der Waals surface area contributed by atoms with E-state index in [1.165, 1.54) is 6.07 Å². The monoisotopic (exact) mass is 212 g/mol. The number of para-hydroxylation sites is 1. The van der Waals surface area contributed by atoms with E-state index < -0.39 is 0 Å². The number of carbonyl (C=O) groups is 1. The van der Waals surface area contributed by atoms with Gasteiger partial charge in [-0.25, -0.2) is 0 Å². The average molecular weight is 212 g/mol. The van der Waals surface area contributed by atoms with Crippen LogP contribution in [0.5, 0.6) is 5.75 Å². The van der Waals surface area contributed by atoms with Crippen LogP contribution in [0.25, 0.3) is 0 Å². The Morgan fingerprint density at radius 1 is 0.938 bits per heavy atom. The van der Waals surface area contributed by atoms with Crippen LogP contribution in [-0.4, -0.2) is 10.9 Å². The minimum atomic E-state index is -0.0655. The summed E-state index contributed by atoms with van der Waals surface area (Å²) < 4.78 is 0. The topological polar surface area (TPSA) is 37.3 Å². The molecule has 0 aliphatic rings. The van der Waals surface area contributed by atoms with Crippen LogP contribution in [0.1, 0.15) is 15.9 Å². The van der Waals surface area contributed by atoms with Crippen LogP contribution in [0.2, 0.25) is 0 Å². The van der Waals surface area contributed by atoms with E-state index in [0.717, 1.165) is 5.56 Å². The first-order valence-electron chi connectivity index (χ1n) is 5.12. The van der Waals surface area contributed by atoms with Crippen molar-refractivity contribution in [3.05, 3.63) is 65.7 Å². The predicted octanol–water partition coefficient (Wildman–Crippen LogP) is 2.82. The van der Waals surface area contributed by atoms with Gasteiger partial charge in [0, 0.05) is 6.42 Å². The second-order valence-electron chi connectivity index (χ2n) is 3.60. The first kappa shape index (κ1) is 10.4. The molecular weight excluding hydrogens is 200 g/mol. The van der Waals surface area contributed by atoms with E-state index in [1.54, 1.807) is 18.2 Å². The van der Waals surface area contributed by atoms with Crippen LogP contribution in [-0.2, 0) is 6.42 Å². The Hall–Kier alpha value is -2.09. The number of hydrogen-bond acceptors (Lipinski definition) is 2. The Kier molecular flexibility index (Phi) is 3.01. The van der Waals surface area contributed by atoms with E-state index in [-0.39, 0.29) is 11.5 Å². The average Bonchev–Trinajstić information content (AvgIpc) is 2.31. The van der Waals surface area contributed by atoms with Crippen LogP contribution in [0, 0.1) is 0 Å². The van der Waals surface area contributed by atoms with Crippen molar-refractivity contribution < 1.29 is 9.90 Å². The van der Waals surface area contributed by atoms with E-state index in [1.807, 2.05) is 30.3 Å². The van der Waals surface area contributed by atoms with Crippen LogP contribution < -0.4 is 0 Å². The molecule has 16 heavy (non-hydrogen) atoms. The smallest absolute Gasteiger partial charge is 0.170 e. The number of rotatable bonds is 3.